The van der Waals surface area contributed by atoms with Gasteiger partial charge < -0.3 is 19.3 Å². The third-order valence-electron chi connectivity index (χ3n) is 12.1. The van der Waals surface area contributed by atoms with Gasteiger partial charge in [0.15, 0.2) is 6.10 Å². The summed E-state index contributed by atoms with van der Waals surface area (Å²) in [5.41, 5.74) is 0. The van der Waals surface area contributed by atoms with Gasteiger partial charge in [-0.3, -0.25) is 18.6 Å². The maximum atomic E-state index is 12.7. The molecule has 0 aliphatic carbocycles. The van der Waals surface area contributed by atoms with Crippen LogP contribution in [0.15, 0.2) is 12.2 Å². The highest BCUT2D eigenvalue weighted by molar-refractivity contribution is 7.47. The Bertz CT molecular complexity index is 1060. The molecule has 0 aliphatic heterocycles. The molecule has 0 heterocycles. The summed E-state index contributed by atoms with van der Waals surface area (Å²) >= 11 is 0. The van der Waals surface area contributed by atoms with Crippen LogP contribution in [0, 0.1) is 0 Å². The number of likely N-dealkylation sites (N-methyl/N-ethyl adjacent to an activating group) is 1. The van der Waals surface area contributed by atoms with Crippen LogP contribution in [0.1, 0.15) is 271 Å². The summed E-state index contributed by atoms with van der Waals surface area (Å²) in [5.74, 6) is -0.787. The van der Waals surface area contributed by atoms with Crippen LogP contribution < -0.4 is 0 Å². The van der Waals surface area contributed by atoms with Crippen molar-refractivity contribution in [3.05, 3.63) is 12.2 Å². The summed E-state index contributed by atoms with van der Waals surface area (Å²) in [4.78, 5) is 37.3. The van der Waals surface area contributed by atoms with Crippen LogP contribution in [0.25, 0.3) is 0 Å². The Morgan fingerprint density at radius 3 is 1.17 bits per heavy atom. The van der Waals surface area contributed by atoms with E-state index in [1.54, 1.807) is 0 Å². The maximum absolute atomic E-state index is 12.7. The van der Waals surface area contributed by atoms with Crippen molar-refractivity contribution >= 4 is 19.8 Å². The van der Waals surface area contributed by atoms with Crippen LogP contribution in [0.4, 0.5) is 0 Å². The molecule has 374 valence electrons. The second kappa shape index (κ2) is 48.7. The van der Waals surface area contributed by atoms with Gasteiger partial charge in [0.25, 0.3) is 0 Å². The van der Waals surface area contributed by atoms with Gasteiger partial charge in [0.1, 0.15) is 6.61 Å². The molecular formula is C53H104NO8P. The summed E-state index contributed by atoms with van der Waals surface area (Å²) in [6.07, 6.45) is 52.6. The summed E-state index contributed by atoms with van der Waals surface area (Å²) in [7, 11) is -0.701. The molecule has 0 aromatic heterocycles. The number of unbranched alkanes of at least 4 members (excludes halogenated alkanes) is 35. The van der Waals surface area contributed by atoms with Gasteiger partial charge in [0, 0.05) is 19.4 Å². The third kappa shape index (κ3) is 50.0. The number of hydrogen-bond acceptors (Lipinski definition) is 8. The number of esters is 2. The van der Waals surface area contributed by atoms with E-state index in [9.17, 15) is 19.0 Å². The molecule has 2 atom stereocenters. The molecule has 0 aromatic carbocycles. The van der Waals surface area contributed by atoms with Crippen molar-refractivity contribution in [2.24, 2.45) is 0 Å². The Morgan fingerprint density at radius 2 is 0.810 bits per heavy atom. The fraction of sp³-hybridized carbons (Fsp3) is 0.925. The Hall–Kier alpha value is -1.25. The molecule has 0 amide bonds. The minimum Gasteiger partial charge on any atom is -0.462 e. The highest BCUT2D eigenvalue weighted by atomic mass is 31.2. The molecule has 0 radical (unpaired) electrons. The molecule has 0 saturated carbocycles. The van der Waals surface area contributed by atoms with Gasteiger partial charge in [0.05, 0.1) is 13.2 Å². The van der Waals surface area contributed by atoms with Gasteiger partial charge in [-0.2, -0.15) is 0 Å². The molecule has 0 fully saturated rings. The molecule has 0 aliphatic rings. The topological polar surface area (TPSA) is 112 Å². The second-order valence-corrected chi connectivity index (χ2v) is 20.2. The van der Waals surface area contributed by atoms with Crippen molar-refractivity contribution in [1.29, 1.82) is 0 Å². The summed E-state index contributed by atoms with van der Waals surface area (Å²) in [5, 5.41) is 0. The molecule has 2 unspecified atom stereocenters. The van der Waals surface area contributed by atoms with Crippen LogP contribution in [-0.4, -0.2) is 68.3 Å². The lowest BCUT2D eigenvalue weighted by atomic mass is 10.0. The third-order valence-corrected chi connectivity index (χ3v) is 13.1. The Kier molecular flexibility index (Phi) is 47.7. The fourth-order valence-electron chi connectivity index (χ4n) is 7.92. The van der Waals surface area contributed by atoms with Crippen LogP contribution in [0.5, 0.6) is 0 Å². The standard InChI is InChI=1S/C53H104NO8P/c1-5-7-9-11-13-15-17-19-21-23-25-26-28-30-32-34-36-38-40-42-44-46-53(56)62-51(50-61-63(57,58)60-48-47-54(3)4)49-59-52(55)45-43-41-39-37-35-33-31-29-27-24-22-20-18-16-14-12-10-8-6-2/h20,22,51H,5-19,21,23-50H2,1-4H3,(H,57,58)/b22-20-. The second-order valence-electron chi connectivity index (χ2n) is 18.8. The quantitative estimate of drug-likeness (QED) is 0.0276. The Labute approximate surface area is 390 Å². The number of ether oxygens (including phenoxy) is 2. The smallest absolute Gasteiger partial charge is 0.462 e. The summed E-state index contributed by atoms with van der Waals surface area (Å²) in [6, 6.07) is 0. The number of rotatable bonds is 51. The molecule has 0 rings (SSSR count). The van der Waals surface area contributed by atoms with Crippen LogP contribution >= 0.6 is 7.82 Å². The largest absolute Gasteiger partial charge is 0.472 e. The number of phosphoric acid groups is 1. The monoisotopic (exact) mass is 914 g/mol. The highest BCUT2D eigenvalue weighted by Gasteiger charge is 2.26. The average Bonchev–Trinajstić information content (AvgIpc) is 3.25. The van der Waals surface area contributed by atoms with E-state index in [1.165, 1.54) is 205 Å². The van der Waals surface area contributed by atoms with E-state index >= 15 is 0 Å². The van der Waals surface area contributed by atoms with Gasteiger partial charge in [-0.15, -0.1) is 0 Å². The van der Waals surface area contributed by atoms with E-state index in [1.807, 2.05) is 19.0 Å². The molecule has 0 aromatic rings. The van der Waals surface area contributed by atoms with E-state index in [0.29, 0.717) is 19.4 Å². The SMILES string of the molecule is CCCCCCCC/C=C\CCCCCCCCCCCC(=O)OCC(COP(=O)(O)OCCN(C)C)OC(=O)CCCCCCCCCCCCCCCCCCCCCCC. The molecule has 1 N–H and O–H groups in total. The van der Waals surface area contributed by atoms with Crippen LogP contribution in [0.3, 0.4) is 0 Å². The van der Waals surface area contributed by atoms with Gasteiger partial charge in [0.2, 0.25) is 0 Å². The Balaban J connectivity index is 4.11. The predicted octanol–water partition coefficient (Wildman–Crippen LogP) is 16.3. The maximum Gasteiger partial charge on any atom is 0.472 e. The molecule has 0 bridgehead atoms. The first-order chi connectivity index (χ1) is 30.7. The number of carbonyl (C=O) groups is 2. The highest BCUT2D eigenvalue weighted by Crippen LogP contribution is 2.43. The van der Waals surface area contributed by atoms with Gasteiger partial charge in [-0.25, -0.2) is 4.57 Å². The first-order valence-corrected chi connectivity index (χ1v) is 28.5. The van der Waals surface area contributed by atoms with Crippen LogP contribution in [0.2, 0.25) is 0 Å². The van der Waals surface area contributed by atoms with Crippen LogP contribution in [-0.2, 0) is 32.7 Å². The predicted molar refractivity (Wildman–Crippen MR) is 266 cm³/mol. The summed E-state index contributed by atoms with van der Waals surface area (Å²) in [6.45, 7) is 4.38. The van der Waals surface area contributed by atoms with Crippen molar-refractivity contribution < 1.29 is 37.6 Å². The van der Waals surface area contributed by atoms with E-state index in [0.717, 1.165) is 32.1 Å². The number of carbonyl (C=O) groups excluding carboxylic acids is 2. The first-order valence-electron chi connectivity index (χ1n) is 27.0. The zero-order chi connectivity index (χ0) is 46.2. The van der Waals surface area contributed by atoms with E-state index in [4.69, 9.17) is 18.5 Å². The zero-order valence-electron chi connectivity index (χ0n) is 42.0. The van der Waals surface area contributed by atoms with Gasteiger partial charge in [-0.1, -0.05) is 231 Å². The van der Waals surface area contributed by atoms with Crippen molar-refractivity contribution in [3.8, 4) is 0 Å². The van der Waals surface area contributed by atoms with Crippen molar-refractivity contribution in [1.82, 2.24) is 4.90 Å². The minimum atomic E-state index is -4.36. The lowest BCUT2D eigenvalue weighted by molar-refractivity contribution is -0.161. The van der Waals surface area contributed by atoms with E-state index in [2.05, 4.69) is 26.0 Å². The molecule has 0 saturated heterocycles. The lowest BCUT2D eigenvalue weighted by Gasteiger charge is -2.20. The molecule has 63 heavy (non-hydrogen) atoms. The molecule has 10 heteroatoms. The zero-order valence-corrected chi connectivity index (χ0v) is 42.9. The fourth-order valence-corrected chi connectivity index (χ4v) is 8.66. The van der Waals surface area contributed by atoms with Crippen molar-refractivity contribution in [2.75, 3.05) is 40.5 Å². The van der Waals surface area contributed by atoms with Gasteiger partial charge >= 0.3 is 19.8 Å². The number of nitrogens with zero attached hydrogens (tertiary/aromatic N) is 1. The van der Waals surface area contributed by atoms with Gasteiger partial charge in [-0.05, 0) is 52.6 Å². The summed E-state index contributed by atoms with van der Waals surface area (Å²) < 4.78 is 33.7. The number of hydrogen-bond donors (Lipinski definition) is 1. The average molecular weight is 914 g/mol. The van der Waals surface area contributed by atoms with Crippen molar-refractivity contribution in [2.45, 2.75) is 277 Å². The molecular weight excluding hydrogens is 810 g/mol. The molecule has 9 nitrogen and oxygen atoms in total. The normalized spacial score (nSPS) is 13.2. The number of allylic oxidation sites excluding steroid dienone is 2. The minimum absolute atomic E-state index is 0.0109. The van der Waals surface area contributed by atoms with Crippen molar-refractivity contribution in [3.63, 3.8) is 0 Å². The Morgan fingerprint density at radius 1 is 0.476 bits per heavy atom. The van der Waals surface area contributed by atoms with E-state index < -0.39 is 26.5 Å². The molecule has 0 spiro atoms. The lowest BCUT2D eigenvalue weighted by Crippen LogP contribution is -2.29. The van der Waals surface area contributed by atoms with E-state index in [-0.39, 0.29) is 25.6 Å². The first kappa shape index (κ1) is 61.8. The number of phosphoric ester groups is 1.